The number of nitrogens with one attached hydrogen (secondary N) is 2. The Labute approximate surface area is 184 Å². The molecule has 0 fully saturated rings. The molecule has 3 aromatic carbocycles. The van der Waals surface area contributed by atoms with Gasteiger partial charge in [0.25, 0.3) is 0 Å². The minimum absolute atomic E-state index is 0.116. The highest BCUT2D eigenvalue weighted by Crippen LogP contribution is 2.30. The molecule has 2 amide bonds. The van der Waals surface area contributed by atoms with E-state index in [0.717, 1.165) is 30.3 Å². The molecule has 0 bridgehead atoms. The molecular formula is C23H14F4N4O2. The third-order valence-electron chi connectivity index (χ3n) is 4.67. The Morgan fingerprint density at radius 2 is 1.39 bits per heavy atom. The van der Waals surface area contributed by atoms with E-state index < -0.39 is 29.4 Å². The van der Waals surface area contributed by atoms with Gasteiger partial charge in [-0.15, -0.1) is 0 Å². The number of amides is 2. The summed E-state index contributed by atoms with van der Waals surface area (Å²) in [6.07, 6.45) is -1.51. The number of urea groups is 1. The van der Waals surface area contributed by atoms with E-state index in [1.165, 1.54) is 36.7 Å². The lowest BCUT2D eigenvalue weighted by Gasteiger charge is -2.11. The van der Waals surface area contributed by atoms with Gasteiger partial charge in [0.05, 0.1) is 22.2 Å². The van der Waals surface area contributed by atoms with Crippen LogP contribution in [0.4, 0.5) is 33.7 Å². The number of carbonyl (C=O) groups is 2. The molecule has 10 heteroatoms. The minimum Gasteiger partial charge on any atom is -0.308 e. The number of hydrogen-bond acceptors (Lipinski definition) is 4. The van der Waals surface area contributed by atoms with Gasteiger partial charge in [-0.05, 0) is 60.7 Å². The number of ketones is 1. The molecule has 4 rings (SSSR count). The highest BCUT2D eigenvalue weighted by Gasteiger charge is 2.30. The number of halogens is 4. The van der Waals surface area contributed by atoms with Crippen LogP contribution in [0.15, 0.2) is 73.1 Å². The van der Waals surface area contributed by atoms with Gasteiger partial charge in [0.15, 0.2) is 5.78 Å². The number of fused-ring (bicyclic) bond motifs is 1. The van der Waals surface area contributed by atoms with Crippen LogP contribution in [0.5, 0.6) is 0 Å². The van der Waals surface area contributed by atoms with Gasteiger partial charge in [0.2, 0.25) is 0 Å². The molecule has 0 aliphatic heterocycles. The van der Waals surface area contributed by atoms with Crippen molar-refractivity contribution in [1.82, 2.24) is 9.97 Å². The van der Waals surface area contributed by atoms with Crippen LogP contribution < -0.4 is 10.6 Å². The molecule has 4 aromatic rings. The first-order valence-corrected chi connectivity index (χ1v) is 9.51. The smallest absolute Gasteiger partial charge is 0.308 e. The van der Waals surface area contributed by atoms with Gasteiger partial charge < -0.3 is 10.6 Å². The lowest BCUT2D eigenvalue weighted by Crippen LogP contribution is -2.20. The topological polar surface area (TPSA) is 84.0 Å². The van der Waals surface area contributed by atoms with Gasteiger partial charge in [0.1, 0.15) is 5.82 Å². The Balaban J connectivity index is 1.50. The van der Waals surface area contributed by atoms with E-state index in [0.29, 0.717) is 11.0 Å². The maximum Gasteiger partial charge on any atom is 0.416 e. The predicted octanol–water partition coefficient (Wildman–Crippen LogP) is 5.66. The first-order valence-electron chi connectivity index (χ1n) is 9.51. The van der Waals surface area contributed by atoms with Crippen molar-refractivity contribution in [3.63, 3.8) is 0 Å². The molecular weight excluding hydrogens is 440 g/mol. The van der Waals surface area contributed by atoms with Gasteiger partial charge in [-0.2, -0.15) is 13.2 Å². The summed E-state index contributed by atoms with van der Waals surface area (Å²) in [5, 5.41) is 4.80. The molecule has 0 atom stereocenters. The van der Waals surface area contributed by atoms with Crippen LogP contribution in [0.2, 0.25) is 0 Å². The summed E-state index contributed by atoms with van der Waals surface area (Å²) >= 11 is 0. The van der Waals surface area contributed by atoms with Crippen molar-refractivity contribution in [3.05, 3.63) is 95.6 Å². The van der Waals surface area contributed by atoms with E-state index in [9.17, 15) is 27.2 Å². The number of hydrogen-bond donors (Lipinski definition) is 2. The zero-order chi connectivity index (χ0) is 23.6. The number of carbonyl (C=O) groups excluding carboxylic acids is 2. The summed E-state index contributed by atoms with van der Waals surface area (Å²) in [4.78, 5) is 33.3. The summed E-state index contributed by atoms with van der Waals surface area (Å²) < 4.78 is 52.3. The fourth-order valence-corrected chi connectivity index (χ4v) is 3.07. The highest BCUT2D eigenvalue weighted by molar-refractivity contribution is 6.11. The molecule has 0 aliphatic rings. The van der Waals surface area contributed by atoms with Crippen LogP contribution in [-0.4, -0.2) is 21.8 Å². The van der Waals surface area contributed by atoms with Crippen molar-refractivity contribution < 1.29 is 27.2 Å². The lowest BCUT2D eigenvalue weighted by atomic mass is 10.0. The van der Waals surface area contributed by atoms with Crippen LogP contribution >= 0.6 is 0 Å². The Bertz CT molecular complexity index is 1350. The zero-order valence-electron chi connectivity index (χ0n) is 16.7. The quantitative estimate of drug-likeness (QED) is 0.308. The van der Waals surface area contributed by atoms with Crippen molar-refractivity contribution in [2.45, 2.75) is 6.18 Å². The molecule has 166 valence electrons. The maximum absolute atomic E-state index is 14.4. The average Bonchev–Trinajstić information content (AvgIpc) is 2.79. The number of aromatic nitrogens is 2. The van der Waals surface area contributed by atoms with Crippen LogP contribution in [0, 0.1) is 5.82 Å². The normalized spacial score (nSPS) is 11.3. The van der Waals surface area contributed by atoms with Crippen molar-refractivity contribution in [1.29, 1.82) is 0 Å². The summed E-state index contributed by atoms with van der Waals surface area (Å²) in [6.45, 7) is 0. The van der Waals surface area contributed by atoms with E-state index >= 15 is 0 Å². The van der Waals surface area contributed by atoms with Crippen molar-refractivity contribution in [3.8, 4) is 0 Å². The number of anilines is 2. The van der Waals surface area contributed by atoms with Gasteiger partial charge >= 0.3 is 12.2 Å². The van der Waals surface area contributed by atoms with Crippen molar-refractivity contribution >= 4 is 34.2 Å². The van der Waals surface area contributed by atoms with Crippen LogP contribution in [0.1, 0.15) is 21.5 Å². The van der Waals surface area contributed by atoms with E-state index in [4.69, 9.17) is 0 Å². The molecule has 33 heavy (non-hydrogen) atoms. The monoisotopic (exact) mass is 454 g/mol. The predicted molar refractivity (Wildman–Crippen MR) is 113 cm³/mol. The highest BCUT2D eigenvalue weighted by atomic mass is 19.4. The summed E-state index contributed by atoms with van der Waals surface area (Å²) in [7, 11) is 0. The number of rotatable bonds is 4. The standard InChI is InChI=1S/C23H14F4N4O2/c24-18-7-6-16(31-22(33)30-15-4-2-14(3-5-15)23(25,26)27)12-17(18)21(32)13-1-8-19-20(11-13)29-10-9-28-19/h1-12H,(H2,30,31,33). The largest absolute Gasteiger partial charge is 0.416 e. The van der Waals surface area contributed by atoms with Crippen molar-refractivity contribution in [2.75, 3.05) is 10.6 Å². The Hall–Kier alpha value is -4.34. The second-order valence-electron chi connectivity index (χ2n) is 6.94. The first-order chi connectivity index (χ1) is 15.7. The Morgan fingerprint density at radius 3 is 2.09 bits per heavy atom. The van der Waals surface area contributed by atoms with Gasteiger partial charge in [-0.3, -0.25) is 14.8 Å². The molecule has 0 spiro atoms. The summed E-state index contributed by atoms with van der Waals surface area (Å²) in [5.41, 5.74) is 0.341. The molecule has 6 nitrogen and oxygen atoms in total. The zero-order valence-corrected chi connectivity index (χ0v) is 16.7. The van der Waals surface area contributed by atoms with E-state index in [-0.39, 0.29) is 22.5 Å². The molecule has 1 heterocycles. The van der Waals surface area contributed by atoms with Crippen LogP contribution in [-0.2, 0) is 6.18 Å². The maximum atomic E-state index is 14.4. The third kappa shape index (κ3) is 4.95. The molecule has 0 radical (unpaired) electrons. The molecule has 2 N–H and O–H groups in total. The second kappa shape index (κ2) is 8.65. The number of alkyl halides is 3. The molecule has 1 aromatic heterocycles. The number of benzene rings is 3. The van der Waals surface area contributed by atoms with E-state index in [1.807, 2.05) is 0 Å². The fraction of sp³-hybridized carbons (Fsp3) is 0.0435. The average molecular weight is 454 g/mol. The molecule has 0 saturated carbocycles. The van der Waals surface area contributed by atoms with Gasteiger partial charge in [-0.25, -0.2) is 9.18 Å². The summed E-state index contributed by atoms with van der Waals surface area (Å²) in [6, 6.07) is 11.1. The molecule has 0 saturated heterocycles. The van der Waals surface area contributed by atoms with Crippen LogP contribution in [0.3, 0.4) is 0 Å². The minimum atomic E-state index is -4.49. The fourth-order valence-electron chi connectivity index (χ4n) is 3.07. The van der Waals surface area contributed by atoms with Gasteiger partial charge in [0, 0.05) is 29.3 Å². The third-order valence-corrected chi connectivity index (χ3v) is 4.67. The van der Waals surface area contributed by atoms with Gasteiger partial charge in [-0.1, -0.05) is 0 Å². The number of nitrogens with zero attached hydrogens (tertiary/aromatic N) is 2. The molecule has 0 aliphatic carbocycles. The second-order valence-corrected chi connectivity index (χ2v) is 6.94. The Morgan fingerprint density at radius 1 is 0.758 bits per heavy atom. The van der Waals surface area contributed by atoms with Crippen molar-refractivity contribution in [2.24, 2.45) is 0 Å². The van der Waals surface area contributed by atoms with E-state index in [1.54, 1.807) is 6.07 Å². The SMILES string of the molecule is O=C(Nc1ccc(C(F)(F)F)cc1)Nc1ccc(F)c(C(=O)c2ccc3nccnc3c2)c1. The Kier molecular flexibility index (Phi) is 5.74. The lowest BCUT2D eigenvalue weighted by molar-refractivity contribution is -0.137. The first kappa shape index (κ1) is 21.9. The van der Waals surface area contributed by atoms with Crippen LogP contribution in [0.25, 0.3) is 11.0 Å². The molecule has 0 unspecified atom stereocenters. The summed E-state index contributed by atoms with van der Waals surface area (Å²) in [5.74, 6) is -1.40. The van der Waals surface area contributed by atoms with E-state index in [2.05, 4.69) is 20.6 Å².